The van der Waals surface area contributed by atoms with Crippen LogP contribution in [0.2, 0.25) is 0 Å². The lowest BCUT2D eigenvalue weighted by Gasteiger charge is -2.35. The molecule has 0 aliphatic carbocycles. The summed E-state index contributed by atoms with van der Waals surface area (Å²) in [5.41, 5.74) is 0.886. The van der Waals surface area contributed by atoms with Crippen LogP contribution in [0, 0.1) is 5.92 Å². The first kappa shape index (κ1) is 18.9. The summed E-state index contributed by atoms with van der Waals surface area (Å²) in [6, 6.07) is 9.10. The molecule has 2 heterocycles. The molecule has 142 valence electrons. The molecule has 0 unspecified atom stereocenters. The van der Waals surface area contributed by atoms with Crippen molar-refractivity contribution in [2.75, 3.05) is 39.8 Å². The molecule has 6 nitrogen and oxygen atoms in total. The molecule has 2 fully saturated rings. The third-order valence-corrected chi connectivity index (χ3v) is 5.42. The molecule has 1 aromatic carbocycles. The maximum atomic E-state index is 12.9. The van der Waals surface area contributed by atoms with Crippen LogP contribution in [0.5, 0.6) is 0 Å². The maximum absolute atomic E-state index is 12.9. The Morgan fingerprint density at radius 3 is 2.65 bits per heavy atom. The Hall–Kier alpha value is -1.92. The topological polar surface area (TPSA) is 61.9 Å². The second kappa shape index (κ2) is 8.64. The first-order valence-electron chi connectivity index (χ1n) is 9.48. The first-order chi connectivity index (χ1) is 12.5. The van der Waals surface area contributed by atoms with E-state index in [1.54, 1.807) is 4.90 Å². The van der Waals surface area contributed by atoms with E-state index in [0.717, 1.165) is 31.1 Å². The van der Waals surface area contributed by atoms with Crippen LogP contribution in [0.1, 0.15) is 31.4 Å². The molecule has 2 saturated heterocycles. The monoisotopic (exact) mass is 359 g/mol. The predicted molar refractivity (Wildman–Crippen MR) is 99.5 cm³/mol. The number of likely N-dealkylation sites (N-methyl/N-ethyl adjacent to an activating group) is 1. The smallest absolute Gasteiger partial charge is 0.254 e. The van der Waals surface area contributed by atoms with E-state index in [0.29, 0.717) is 6.54 Å². The third-order valence-electron chi connectivity index (χ3n) is 5.42. The molecule has 2 aliphatic heterocycles. The summed E-state index contributed by atoms with van der Waals surface area (Å²) in [6.07, 6.45) is 1.78. The molecule has 0 saturated carbocycles. The van der Waals surface area contributed by atoms with E-state index >= 15 is 0 Å². The highest BCUT2D eigenvalue weighted by molar-refractivity contribution is 5.86. The molecule has 1 aromatic rings. The van der Waals surface area contributed by atoms with Gasteiger partial charge in [0.15, 0.2) is 6.10 Å². The predicted octanol–water partition coefficient (Wildman–Crippen LogP) is 1.43. The zero-order valence-corrected chi connectivity index (χ0v) is 15.7. The number of nitrogens with zero attached hydrogens (tertiary/aromatic N) is 2. The Balaban J connectivity index is 1.60. The van der Waals surface area contributed by atoms with Crippen molar-refractivity contribution in [1.82, 2.24) is 15.1 Å². The van der Waals surface area contributed by atoms with Gasteiger partial charge in [-0.05, 0) is 37.4 Å². The second-order valence-corrected chi connectivity index (χ2v) is 7.47. The highest BCUT2D eigenvalue weighted by Crippen LogP contribution is 2.24. The van der Waals surface area contributed by atoms with Gasteiger partial charge < -0.3 is 19.9 Å². The molecule has 0 radical (unpaired) electrons. The van der Waals surface area contributed by atoms with Crippen molar-refractivity contribution in [3.8, 4) is 0 Å². The molecule has 0 spiro atoms. The summed E-state index contributed by atoms with van der Waals surface area (Å²) in [6.45, 7) is 5.98. The van der Waals surface area contributed by atoms with Crippen LogP contribution in [-0.4, -0.2) is 67.6 Å². The molecule has 2 aliphatic rings. The van der Waals surface area contributed by atoms with Gasteiger partial charge in [-0.25, -0.2) is 0 Å². The van der Waals surface area contributed by atoms with Gasteiger partial charge in [0, 0.05) is 20.1 Å². The van der Waals surface area contributed by atoms with Crippen LogP contribution in [-0.2, 0) is 14.3 Å². The highest BCUT2D eigenvalue weighted by atomic mass is 16.5. The fourth-order valence-corrected chi connectivity index (χ4v) is 3.59. The van der Waals surface area contributed by atoms with Crippen LogP contribution in [0.15, 0.2) is 30.3 Å². The van der Waals surface area contributed by atoms with Crippen molar-refractivity contribution in [2.24, 2.45) is 5.92 Å². The molecule has 6 heteroatoms. The SMILES string of the molecule is CC1CCN(CCN(C)C(=O)[C@H]2OCC(=O)N[C@@H]2c2ccccc2)CC1. The Morgan fingerprint density at radius 2 is 1.96 bits per heavy atom. The number of hydrogen-bond acceptors (Lipinski definition) is 4. The van der Waals surface area contributed by atoms with Crippen LogP contribution in [0.4, 0.5) is 0 Å². The van der Waals surface area contributed by atoms with Gasteiger partial charge in [0.25, 0.3) is 5.91 Å². The van der Waals surface area contributed by atoms with Crippen molar-refractivity contribution >= 4 is 11.8 Å². The number of carbonyl (C=O) groups excluding carboxylic acids is 2. The maximum Gasteiger partial charge on any atom is 0.254 e. The largest absolute Gasteiger partial charge is 0.356 e. The number of ether oxygens (including phenoxy) is 1. The van der Waals surface area contributed by atoms with E-state index in [2.05, 4.69) is 17.1 Å². The zero-order chi connectivity index (χ0) is 18.5. The van der Waals surface area contributed by atoms with Gasteiger partial charge in [-0.3, -0.25) is 9.59 Å². The van der Waals surface area contributed by atoms with E-state index in [-0.39, 0.29) is 18.4 Å². The Labute approximate surface area is 155 Å². The van der Waals surface area contributed by atoms with Gasteiger partial charge in [0.05, 0.1) is 6.04 Å². The van der Waals surface area contributed by atoms with Crippen LogP contribution in [0.3, 0.4) is 0 Å². The molecule has 2 atom stereocenters. The molecule has 1 N–H and O–H groups in total. The summed E-state index contributed by atoms with van der Waals surface area (Å²) in [5.74, 6) is 0.536. The number of rotatable bonds is 5. The van der Waals surface area contributed by atoms with Gasteiger partial charge in [0.2, 0.25) is 5.91 Å². The number of amides is 2. The number of hydrogen-bond donors (Lipinski definition) is 1. The van der Waals surface area contributed by atoms with Crippen LogP contribution in [0.25, 0.3) is 0 Å². The highest BCUT2D eigenvalue weighted by Gasteiger charge is 2.37. The number of carbonyl (C=O) groups is 2. The van der Waals surface area contributed by atoms with Gasteiger partial charge in [0.1, 0.15) is 6.61 Å². The molecule has 3 rings (SSSR count). The zero-order valence-electron chi connectivity index (χ0n) is 15.7. The fraction of sp³-hybridized carbons (Fsp3) is 0.600. The van der Waals surface area contributed by atoms with E-state index in [4.69, 9.17) is 4.74 Å². The summed E-state index contributed by atoms with van der Waals surface area (Å²) >= 11 is 0. The number of morpholine rings is 1. The summed E-state index contributed by atoms with van der Waals surface area (Å²) < 4.78 is 5.63. The lowest BCUT2D eigenvalue weighted by molar-refractivity contribution is -0.154. The fourth-order valence-electron chi connectivity index (χ4n) is 3.59. The van der Waals surface area contributed by atoms with E-state index in [1.807, 2.05) is 37.4 Å². The number of nitrogens with one attached hydrogen (secondary N) is 1. The van der Waals surface area contributed by atoms with E-state index in [1.165, 1.54) is 12.8 Å². The Morgan fingerprint density at radius 1 is 1.27 bits per heavy atom. The van der Waals surface area contributed by atoms with Gasteiger partial charge in [-0.15, -0.1) is 0 Å². The van der Waals surface area contributed by atoms with Crippen molar-refractivity contribution in [3.63, 3.8) is 0 Å². The average Bonchev–Trinajstić information content (AvgIpc) is 2.67. The normalized spacial score (nSPS) is 24.9. The summed E-state index contributed by atoms with van der Waals surface area (Å²) in [5, 5.41) is 2.91. The molecule has 2 amide bonds. The van der Waals surface area contributed by atoms with Gasteiger partial charge >= 0.3 is 0 Å². The quantitative estimate of drug-likeness (QED) is 0.864. The Kier molecular flexibility index (Phi) is 6.27. The molecular weight excluding hydrogens is 330 g/mol. The van der Waals surface area contributed by atoms with Crippen molar-refractivity contribution in [1.29, 1.82) is 0 Å². The second-order valence-electron chi connectivity index (χ2n) is 7.47. The third kappa shape index (κ3) is 4.62. The summed E-state index contributed by atoms with van der Waals surface area (Å²) in [7, 11) is 1.82. The first-order valence-corrected chi connectivity index (χ1v) is 9.48. The van der Waals surface area contributed by atoms with Gasteiger partial charge in [-0.2, -0.15) is 0 Å². The minimum atomic E-state index is -0.679. The van der Waals surface area contributed by atoms with Crippen LogP contribution < -0.4 is 5.32 Å². The standard InChI is InChI=1S/C20H29N3O3/c1-15-8-10-23(11-9-15)13-12-22(2)20(25)19-18(21-17(24)14-26-19)16-6-4-3-5-7-16/h3-7,15,18-19H,8-14H2,1-2H3,(H,21,24)/t18-,19+/m1/s1. The minimum Gasteiger partial charge on any atom is -0.356 e. The van der Waals surface area contributed by atoms with Crippen LogP contribution >= 0.6 is 0 Å². The molecular formula is C20H29N3O3. The molecule has 26 heavy (non-hydrogen) atoms. The summed E-state index contributed by atoms with van der Waals surface area (Å²) in [4.78, 5) is 28.9. The number of piperidine rings is 1. The van der Waals surface area contributed by atoms with Crippen molar-refractivity contribution < 1.29 is 14.3 Å². The van der Waals surface area contributed by atoms with Crippen molar-refractivity contribution in [3.05, 3.63) is 35.9 Å². The van der Waals surface area contributed by atoms with Gasteiger partial charge in [-0.1, -0.05) is 37.3 Å². The van der Waals surface area contributed by atoms with E-state index < -0.39 is 12.1 Å². The minimum absolute atomic E-state index is 0.0718. The number of likely N-dealkylation sites (tertiary alicyclic amines) is 1. The lowest BCUT2D eigenvalue weighted by Crippen LogP contribution is -2.53. The average molecular weight is 359 g/mol. The van der Waals surface area contributed by atoms with E-state index in [9.17, 15) is 9.59 Å². The van der Waals surface area contributed by atoms with Crippen molar-refractivity contribution in [2.45, 2.75) is 31.9 Å². The lowest BCUT2D eigenvalue weighted by atomic mass is 9.98. The molecule has 0 bridgehead atoms. The number of benzene rings is 1. The Bertz CT molecular complexity index is 614. The molecule has 0 aromatic heterocycles.